The van der Waals surface area contributed by atoms with Crippen LogP contribution >= 0.6 is 0 Å². The van der Waals surface area contributed by atoms with Crippen LogP contribution in [0.4, 0.5) is 5.69 Å². The first-order valence-corrected chi connectivity index (χ1v) is 12.0. The molecule has 3 saturated carbocycles. The van der Waals surface area contributed by atoms with Crippen LogP contribution in [-0.2, 0) is 11.8 Å². The van der Waals surface area contributed by atoms with Crippen molar-refractivity contribution in [3.8, 4) is 6.07 Å². The van der Waals surface area contributed by atoms with Gasteiger partial charge in [-0.25, -0.2) is 0 Å². The van der Waals surface area contributed by atoms with E-state index in [1.165, 1.54) is 17.8 Å². The van der Waals surface area contributed by atoms with E-state index in [0.29, 0.717) is 23.1 Å². The summed E-state index contributed by atoms with van der Waals surface area (Å²) in [7, 11) is 2.04. The van der Waals surface area contributed by atoms with Gasteiger partial charge in [-0.3, -0.25) is 14.6 Å². The molecule has 7 nitrogen and oxygen atoms in total. The molecule has 7 heteroatoms. The molecule has 34 heavy (non-hydrogen) atoms. The molecule has 0 unspecified atom stereocenters. The smallest absolute Gasteiger partial charge is 0.274 e. The van der Waals surface area contributed by atoms with Crippen molar-refractivity contribution in [1.29, 1.82) is 5.26 Å². The van der Waals surface area contributed by atoms with Crippen LogP contribution < -0.4 is 5.32 Å². The minimum atomic E-state index is -0.339. The summed E-state index contributed by atoms with van der Waals surface area (Å²) >= 11 is 0. The highest BCUT2D eigenvalue weighted by Crippen LogP contribution is 2.65. The lowest BCUT2D eigenvalue weighted by molar-refractivity contribution is -0.177. The second kappa shape index (κ2) is 7.69. The molecule has 1 N–H and O–H groups in total. The van der Waals surface area contributed by atoms with Crippen molar-refractivity contribution in [2.75, 3.05) is 18.4 Å². The highest BCUT2D eigenvalue weighted by molar-refractivity contribution is 6.04. The number of hydrogen-bond acceptors (Lipinski definition) is 4. The van der Waals surface area contributed by atoms with E-state index in [9.17, 15) is 9.59 Å². The van der Waals surface area contributed by atoms with Crippen LogP contribution in [0.25, 0.3) is 10.9 Å². The summed E-state index contributed by atoms with van der Waals surface area (Å²) in [5.74, 6) is 1.26. The number of hydrogen-bond donors (Lipinski definition) is 1. The van der Waals surface area contributed by atoms with Gasteiger partial charge in [0.15, 0.2) is 0 Å². The van der Waals surface area contributed by atoms with Gasteiger partial charge in [-0.2, -0.15) is 5.26 Å². The van der Waals surface area contributed by atoms with Crippen molar-refractivity contribution in [2.45, 2.75) is 38.0 Å². The van der Waals surface area contributed by atoms with Gasteiger partial charge in [0.25, 0.3) is 5.91 Å². The number of aromatic nitrogens is 2. The standard InChI is InChI=1S/C27H27N5O2/c1-31-16-22(19-5-8-32(9-6-19)26(34)27-12-18(13-27)14-27)21-11-20(2-3-24(21)31)30-25(33)23-10-17(15-28)4-7-29-23/h2-4,7,10-11,16,18-19H,5-6,8-9,12-14H2,1H3,(H,30,33). The molecule has 2 amide bonds. The van der Waals surface area contributed by atoms with Crippen LogP contribution in [0, 0.1) is 22.7 Å². The van der Waals surface area contributed by atoms with E-state index < -0.39 is 0 Å². The maximum absolute atomic E-state index is 13.0. The Morgan fingerprint density at radius 2 is 1.91 bits per heavy atom. The number of piperidine rings is 1. The highest BCUT2D eigenvalue weighted by atomic mass is 16.2. The maximum Gasteiger partial charge on any atom is 0.274 e. The summed E-state index contributed by atoms with van der Waals surface area (Å²) in [5.41, 5.74) is 3.71. The minimum Gasteiger partial charge on any atom is -0.350 e. The molecule has 3 heterocycles. The van der Waals surface area contributed by atoms with Crippen molar-refractivity contribution >= 4 is 28.4 Å². The molecule has 0 radical (unpaired) electrons. The van der Waals surface area contributed by atoms with Gasteiger partial charge in [0.1, 0.15) is 5.69 Å². The number of carbonyl (C=O) groups excluding carboxylic acids is 2. The van der Waals surface area contributed by atoms with E-state index in [-0.39, 0.29) is 17.0 Å². The number of rotatable bonds is 4. The lowest BCUT2D eigenvalue weighted by atomic mass is 9.44. The molecular formula is C27H27N5O2. The third kappa shape index (κ3) is 3.28. The van der Waals surface area contributed by atoms with Crippen molar-refractivity contribution in [3.63, 3.8) is 0 Å². The van der Waals surface area contributed by atoms with Gasteiger partial charge >= 0.3 is 0 Å². The Morgan fingerprint density at radius 1 is 1.15 bits per heavy atom. The average Bonchev–Trinajstić information content (AvgIpc) is 3.13. The zero-order valence-corrected chi connectivity index (χ0v) is 19.3. The third-order valence-electron chi connectivity index (χ3n) is 8.11. The quantitative estimate of drug-likeness (QED) is 0.641. The van der Waals surface area contributed by atoms with Crippen LogP contribution in [0.1, 0.15) is 59.6 Å². The van der Waals surface area contributed by atoms with Crippen LogP contribution in [0.15, 0.2) is 42.7 Å². The zero-order valence-electron chi connectivity index (χ0n) is 19.3. The summed E-state index contributed by atoms with van der Waals surface area (Å²) < 4.78 is 2.13. The first kappa shape index (κ1) is 20.9. The SMILES string of the molecule is Cn1cc(C2CCN(C(=O)C34CC(C3)C4)CC2)c2cc(NC(=O)c3cc(C#N)ccn3)ccc21. The van der Waals surface area contributed by atoms with Crippen molar-refractivity contribution in [2.24, 2.45) is 18.4 Å². The molecule has 1 saturated heterocycles. The molecule has 1 aliphatic heterocycles. The Balaban J connectivity index is 1.20. The molecule has 4 fully saturated rings. The fourth-order valence-corrected chi connectivity index (χ4v) is 6.11. The van der Waals surface area contributed by atoms with Gasteiger partial charge < -0.3 is 14.8 Å². The third-order valence-corrected chi connectivity index (χ3v) is 8.11. The maximum atomic E-state index is 13.0. The normalized spacial score (nSPS) is 23.6. The monoisotopic (exact) mass is 453 g/mol. The molecule has 2 bridgehead atoms. The summed E-state index contributed by atoms with van der Waals surface area (Å²) in [6.07, 6.45) is 8.92. The zero-order chi connectivity index (χ0) is 23.4. The summed E-state index contributed by atoms with van der Waals surface area (Å²) in [6.45, 7) is 1.65. The van der Waals surface area contributed by atoms with E-state index >= 15 is 0 Å². The van der Waals surface area contributed by atoms with E-state index in [1.54, 1.807) is 6.07 Å². The Kier molecular flexibility index (Phi) is 4.73. The van der Waals surface area contributed by atoms with Crippen LogP contribution in [0.3, 0.4) is 0 Å². The largest absolute Gasteiger partial charge is 0.350 e. The van der Waals surface area contributed by atoms with Gasteiger partial charge in [-0.05, 0) is 79.8 Å². The number of pyridine rings is 1. The van der Waals surface area contributed by atoms with Crippen molar-refractivity contribution in [3.05, 3.63) is 59.5 Å². The summed E-state index contributed by atoms with van der Waals surface area (Å²) in [6, 6.07) is 11.0. The fraction of sp³-hybridized carbons (Fsp3) is 0.407. The Bertz CT molecular complexity index is 1340. The van der Waals surface area contributed by atoms with Crippen LogP contribution in [-0.4, -0.2) is 39.4 Å². The molecule has 0 atom stereocenters. The van der Waals surface area contributed by atoms with Crippen molar-refractivity contribution < 1.29 is 9.59 Å². The number of nitriles is 1. The predicted octanol–water partition coefficient (Wildman–Crippen LogP) is 4.20. The summed E-state index contributed by atoms with van der Waals surface area (Å²) in [4.78, 5) is 31.9. The number of amides is 2. The Hall–Kier alpha value is -3.66. The number of benzene rings is 1. The van der Waals surface area contributed by atoms with E-state index in [0.717, 1.165) is 62.0 Å². The van der Waals surface area contributed by atoms with Gasteiger partial charge in [-0.1, -0.05) is 0 Å². The molecule has 7 rings (SSSR count). The molecule has 172 valence electrons. The number of likely N-dealkylation sites (tertiary alicyclic amines) is 1. The summed E-state index contributed by atoms with van der Waals surface area (Å²) in [5, 5.41) is 13.1. The van der Waals surface area contributed by atoms with Crippen LogP contribution in [0.2, 0.25) is 0 Å². The number of nitrogens with one attached hydrogen (secondary N) is 1. The van der Waals surface area contributed by atoms with Crippen molar-refractivity contribution in [1.82, 2.24) is 14.5 Å². The topological polar surface area (TPSA) is 91.0 Å². The number of carbonyl (C=O) groups is 2. The molecular weight excluding hydrogens is 426 g/mol. The Morgan fingerprint density at radius 3 is 2.59 bits per heavy atom. The molecule has 0 spiro atoms. The molecule has 3 aliphatic carbocycles. The van der Waals surface area contributed by atoms with E-state index in [1.807, 2.05) is 31.3 Å². The second-order valence-corrected chi connectivity index (χ2v) is 10.2. The first-order valence-electron chi connectivity index (χ1n) is 12.0. The molecule has 2 aromatic heterocycles. The van der Waals surface area contributed by atoms with Gasteiger partial charge in [0.2, 0.25) is 5.91 Å². The predicted molar refractivity (Wildman–Crippen MR) is 128 cm³/mol. The molecule has 1 aromatic carbocycles. The highest BCUT2D eigenvalue weighted by Gasteiger charge is 2.62. The number of nitrogens with zero attached hydrogens (tertiary/aromatic N) is 4. The fourth-order valence-electron chi connectivity index (χ4n) is 6.11. The lowest BCUT2D eigenvalue weighted by Gasteiger charge is -2.61. The van der Waals surface area contributed by atoms with Crippen LogP contribution in [0.5, 0.6) is 0 Å². The number of aryl methyl sites for hydroxylation is 1. The average molecular weight is 454 g/mol. The van der Waals surface area contributed by atoms with Gasteiger partial charge in [-0.15, -0.1) is 0 Å². The molecule has 4 aliphatic rings. The number of anilines is 1. The minimum absolute atomic E-state index is 0.00562. The number of fused-ring (bicyclic) bond motifs is 1. The molecule has 3 aromatic rings. The van der Waals surface area contributed by atoms with Gasteiger partial charge in [0.05, 0.1) is 17.0 Å². The second-order valence-electron chi connectivity index (χ2n) is 10.2. The van der Waals surface area contributed by atoms with Gasteiger partial charge in [0, 0.05) is 49.1 Å². The van der Waals surface area contributed by atoms with E-state index in [2.05, 4.69) is 26.0 Å². The first-order chi connectivity index (χ1) is 16.5. The lowest BCUT2D eigenvalue weighted by Crippen LogP contribution is -2.61. The Labute approximate surface area is 198 Å². The van der Waals surface area contributed by atoms with E-state index in [4.69, 9.17) is 5.26 Å².